The number of carbonyl (C=O) groups excluding carboxylic acids is 1. The fourth-order valence-electron chi connectivity index (χ4n) is 1.12. The van der Waals surface area contributed by atoms with Crippen LogP contribution in [0.3, 0.4) is 0 Å². The standard InChI is InChI=1S/C9H19NO/c1-4-5-7(2)6-9(11)8(3)10/h7-8H,4-6,10H2,1-3H3. The Labute approximate surface area is 69.2 Å². The molecule has 0 saturated carbocycles. The molecule has 0 rings (SSSR count). The molecular formula is C9H19NO. The number of rotatable bonds is 5. The van der Waals surface area contributed by atoms with Gasteiger partial charge in [0.1, 0.15) is 5.78 Å². The molecule has 0 heterocycles. The van der Waals surface area contributed by atoms with Crippen LogP contribution in [0.2, 0.25) is 0 Å². The number of carbonyl (C=O) groups is 1. The van der Waals surface area contributed by atoms with E-state index >= 15 is 0 Å². The summed E-state index contributed by atoms with van der Waals surface area (Å²) in [6.45, 7) is 5.98. The molecule has 2 N–H and O–H groups in total. The lowest BCUT2D eigenvalue weighted by atomic mass is 9.97. The Balaban J connectivity index is 3.57. The van der Waals surface area contributed by atoms with E-state index in [1.165, 1.54) is 0 Å². The molecule has 2 atom stereocenters. The molecule has 0 fully saturated rings. The van der Waals surface area contributed by atoms with Gasteiger partial charge in [0.2, 0.25) is 0 Å². The van der Waals surface area contributed by atoms with Gasteiger partial charge in [0, 0.05) is 6.42 Å². The van der Waals surface area contributed by atoms with Crippen molar-refractivity contribution in [2.24, 2.45) is 11.7 Å². The summed E-state index contributed by atoms with van der Waals surface area (Å²) in [5.41, 5.74) is 5.43. The van der Waals surface area contributed by atoms with Crippen molar-refractivity contribution in [2.45, 2.75) is 46.1 Å². The Morgan fingerprint density at radius 2 is 2.00 bits per heavy atom. The van der Waals surface area contributed by atoms with Crippen molar-refractivity contribution in [1.82, 2.24) is 0 Å². The molecule has 2 unspecified atom stereocenters. The summed E-state index contributed by atoms with van der Waals surface area (Å²) in [4.78, 5) is 11.1. The van der Waals surface area contributed by atoms with Crippen LogP contribution in [0.5, 0.6) is 0 Å². The number of hydrogen-bond donors (Lipinski definition) is 1. The molecule has 2 nitrogen and oxygen atoms in total. The zero-order valence-corrected chi connectivity index (χ0v) is 7.76. The maximum Gasteiger partial charge on any atom is 0.149 e. The second-order valence-corrected chi connectivity index (χ2v) is 3.35. The first-order chi connectivity index (χ1) is 5.07. The highest BCUT2D eigenvalue weighted by molar-refractivity contribution is 5.83. The topological polar surface area (TPSA) is 43.1 Å². The number of ketones is 1. The van der Waals surface area contributed by atoms with Gasteiger partial charge in [-0.1, -0.05) is 26.7 Å². The third-order valence-corrected chi connectivity index (χ3v) is 1.84. The molecular weight excluding hydrogens is 138 g/mol. The highest BCUT2D eigenvalue weighted by atomic mass is 16.1. The summed E-state index contributed by atoms with van der Waals surface area (Å²) in [7, 11) is 0. The maximum atomic E-state index is 11.1. The maximum absolute atomic E-state index is 11.1. The molecule has 0 aromatic carbocycles. The Morgan fingerprint density at radius 1 is 1.45 bits per heavy atom. The summed E-state index contributed by atoms with van der Waals surface area (Å²) >= 11 is 0. The van der Waals surface area contributed by atoms with Gasteiger partial charge < -0.3 is 5.73 Å². The van der Waals surface area contributed by atoms with Crippen LogP contribution < -0.4 is 5.73 Å². The van der Waals surface area contributed by atoms with E-state index in [2.05, 4.69) is 13.8 Å². The molecule has 0 spiro atoms. The lowest BCUT2D eigenvalue weighted by Gasteiger charge is -2.10. The fourth-order valence-corrected chi connectivity index (χ4v) is 1.12. The summed E-state index contributed by atoms with van der Waals surface area (Å²) < 4.78 is 0. The van der Waals surface area contributed by atoms with E-state index < -0.39 is 0 Å². The summed E-state index contributed by atoms with van der Waals surface area (Å²) in [5.74, 6) is 0.685. The van der Waals surface area contributed by atoms with Gasteiger partial charge in [-0.25, -0.2) is 0 Å². The zero-order chi connectivity index (χ0) is 8.85. The van der Waals surface area contributed by atoms with E-state index in [4.69, 9.17) is 5.73 Å². The van der Waals surface area contributed by atoms with Gasteiger partial charge in [-0.05, 0) is 12.8 Å². The molecule has 0 aliphatic rings. The Kier molecular flexibility index (Phi) is 5.12. The van der Waals surface area contributed by atoms with Crippen molar-refractivity contribution in [3.8, 4) is 0 Å². The van der Waals surface area contributed by atoms with E-state index in [9.17, 15) is 4.79 Å². The number of Topliss-reactive ketones (excluding diaryl/α,β-unsaturated/α-hetero) is 1. The predicted octanol–water partition coefficient (Wildman–Crippen LogP) is 1.73. The van der Waals surface area contributed by atoms with Gasteiger partial charge in [-0.15, -0.1) is 0 Å². The van der Waals surface area contributed by atoms with Crippen LogP contribution in [0, 0.1) is 5.92 Å². The summed E-state index contributed by atoms with van der Waals surface area (Å²) in [6.07, 6.45) is 2.91. The quantitative estimate of drug-likeness (QED) is 0.660. The van der Waals surface area contributed by atoms with Crippen LogP contribution >= 0.6 is 0 Å². The Bertz CT molecular complexity index is 121. The summed E-state index contributed by atoms with van der Waals surface area (Å²) in [5, 5.41) is 0. The Morgan fingerprint density at radius 3 is 2.36 bits per heavy atom. The normalized spacial score (nSPS) is 16.0. The minimum Gasteiger partial charge on any atom is -0.322 e. The second kappa shape index (κ2) is 5.30. The van der Waals surface area contributed by atoms with Gasteiger partial charge in [0.15, 0.2) is 0 Å². The zero-order valence-electron chi connectivity index (χ0n) is 7.76. The largest absolute Gasteiger partial charge is 0.322 e. The highest BCUT2D eigenvalue weighted by Gasteiger charge is 2.11. The molecule has 0 aromatic heterocycles. The van der Waals surface area contributed by atoms with E-state index in [0.717, 1.165) is 12.8 Å². The van der Waals surface area contributed by atoms with Crippen molar-refractivity contribution >= 4 is 5.78 Å². The van der Waals surface area contributed by atoms with Crippen molar-refractivity contribution < 1.29 is 4.79 Å². The average molecular weight is 157 g/mol. The lowest BCUT2D eigenvalue weighted by Crippen LogP contribution is -2.27. The van der Waals surface area contributed by atoms with Crippen LogP contribution in [-0.2, 0) is 4.79 Å². The van der Waals surface area contributed by atoms with Gasteiger partial charge in [0.05, 0.1) is 6.04 Å². The van der Waals surface area contributed by atoms with Crippen LogP contribution in [0.15, 0.2) is 0 Å². The third kappa shape index (κ3) is 4.96. The lowest BCUT2D eigenvalue weighted by molar-refractivity contribution is -0.120. The molecule has 0 radical (unpaired) electrons. The molecule has 0 aliphatic heterocycles. The van der Waals surface area contributed by atoms with Crippen molar-refractivity contribution in [3.05, 3.63) is 0 Å². The Hall–Kier alpha value is -0.370. The van der Waals surface area contributed by atoms with Crippen LogP contribution in [0.4, 0.5) is 0 Å². The van der Waals surface area contributed by atoms with Gasteiger partial charge >= 0.3 is 0 Å². The molecule has 66 valence electrons. The molecule has 0 aromatic rings. The predicted molar refractivity (Wildman–Crippen MR) is 47.3 cm³/mol. The summed E-state index contributed by atoms with van der Waals surface area (Å²) in [6, 6.07) is -0.283. The first-order valence-electron chi connectivity index (χ1n) is 4.36. The minimum absolute atomic E-state index is 0.186. The smallest absolute Gasteiger partial charge is 0.149 e. The van der Waals surface area contributed by atoms with Gasteiger partial charge in [-0.2, -0.15) is 0 Å². The van der Waals surface area contributed by atoms with Gasteiger partial charge in [-0.3, -0.25) is 4.79 Å². The molecule has 0 bridgehead atoms. The van der Waals surface area contributed by atoms with Crippen LogP contribution in [0.1, 0.15) is 40.0 Å². The van der Waals surface area contributed by atoms with Crippen LogP contribution in [0.25, 0.3) is 0 Å². The van der Waals surface area contributed by atoms with Crippen molar-refractivity contribution in [3.63, 3.8) is 0 Å². The molecule has 2 heteroatoms. The molecule has 11 heavy (non-hydrogen) atoms. The SMILES string of the molecule is CCCC(C)CC(=O)C(C)N. The van der Waals surface area contributed by atoms with E-state index in [0.29, 0.717) is 12.3 Å². The van der Waals surface area contributed by atoms with E-state index in [1.54, 1.807) is 6.92 Å². The monoisotopic (exact) mass is 157 g/mol. The average Bonchev–Trinajstić information content (AvgIpc) is 1.87. The second-order valence-electron chi connectivity index (χ2n) is 3.35. The number of hydrogen-bond acceptors (Lipinski definition) is 2. The minimum atomic E-state index is -0.283. The molecule has 0 aliphatic carbocycles. The van der Waals surface area contributed by atoms with Gasteiger partial charge in [0.25, 0.3) is 0 Å². The highest BCUT2D eigenvalue weighted by Crippen LogP contribution is 2.10. The first kappa shape index (κ1) is 10.6. The van der Waals surface area contributed by atoms with E-state index in [-0.39, 0.29) is 11.8 Å². The van der Waals surface area contributed by atoms with Crippen LogP contribution in [-0.4, -0.2) is 11.8 Å². The molecule has 0 saturated heterocycles. The van der Waals surface area contributed by atoms with Crippen molar-refractivity contribution in [1.29, 1.82) is 0 Å². The van der Waals surface area contributed by atoms with Crippen molar-refractivity contribution in [2.75, 3.05) is 0 Å². The first-order valence-corrected chi connectivity index (χ1v) is 4.36. The third-order valence-electron chi connectivity index (χ3n) is 1.84. The molecule has 0 amide bonds. The number of nitrogens with two attached hydrogens (primary N) is 1. The van der Waals surface area contributed by atoms with E-state index in [1.807, 2.05) is 0 Å². The fraction of sp³-hybridized carbons (Fsp3) is 0.889.